The Labute approximate surface area is 104 Å². The highest BCUT2D eigenvalue weighted by Crippen LogP contribution is 2.41. The molecule has 14 heavy (non-hydrogen) atoms. The first kappa shape index (κ1) is 10.6. The van der Waals surface area contributed by atoms with Crippen molar-refractivity contribution in [2.45, 2.75) is 6.10 Å². The SMILES string of the molecule is Fc1ccccc1C1OCC(I)=C1Br. The number of halogens is 3. The molecule has 1 aliphatic heterocycles. The van der Waals surface area contributed by atoms with E-state index in [1.54, 1.807) is 12.1 Å². The van der Waals surface area contributed by atoms with Crippen LogP contribution in [0.2, 0.25) is 0 Å². The molecular weight excluding hydrogens is 362 g/mol. The molecule has 1 nitrogen and oxygen atoms in total. The summed E-state index contributed by atoms with van der Waals surface area (Å²) in [4.78, 5) is 0. The van der Waals surface area contributed by atoms with Gasteiger partial charge in [0.15, 0.2) is 0 Å². The molecule has 0 spiro atoms. The minimum Gasteiger partial charge on any atom is -0.363 e. The Hall–Kier alpha value is 0.0600. The fourth-order valence-electron chi connectivity index (χ4n) is 1.35. The van der Waals surface area contributed by atoms with Gasteiger partial charge in [0, 0.05) is 13.6 Å². The van der Waals surface area contributed by atoms with Crippen LogP contribution >= 0.6 is 38.5 Å². The molecule has 0 aliphatic carbocycles. The largest absolute Gasteiger partial charge is 0.363 e. The highest BCUT2D eigenvalue weighted by molar-refractivity contribution is 14.1. The van der Waals surface area contributed by atoms with Gasteiger partial charge in [0.2, 0.25) is 0 Å². The summed E-state index contributed by atoms with van der Waals surface area (Å²) in [5.74, 6) is -0.222. The molecule has 0 N–H and O–H groups in total. The summed E-state index contributed by atoms with van der Waals surface area (Å²) in [6.07, 6.45) is -0.275. The standard InChI is InChI=1S/C10H7BrFIO/c11-9-8(13)5-14-10(9)6-3-1-2-4-7(6)12/h1-4,10H,5H2. The number of ether oxygens (including phenoxy) is 1. The Bertz CT molecular complexity index is 391. The van der Waals surface area contributed by atoms with Gasteiger partial charge < -0.3 is 4.74 Å². The van der Waals surface area contributed by atoms with E-state index in [0.29, 0.717) is 12.2 Å². The molecule has 1 aromatic carbocycles. The van der Waals surface area contributed by atoms with E-state index < -0.39 is 0 Å². The molecule has 0 saturated carbocycles. The van der Waals surface area contributed by atoms with Crippen molar-refractivity contribution < 1.29 is 9.13 Å². The molecule has 0 radical (unpaired) electrons. The summed E-state index contributed by atoms with van der Waals surface area (Å²) < 4.78 is 20.9. The van der Waals surface area contributed by atoms with Crippen LogP contribution < -0.4 is 0 Å². The van der Waals surface area contributed by atoms with Crippen LogP contribution in [0.25, 0.3) is 0 Å². The quantitative estimate of drug-likeness (QED) is 0.682. The van der Waals surface area contributed by atoms with Crippen molar-refractivity contribution in [3.63, 3.8) is 0 Å². The summed E-state index contributed by atoms with van der Waals surface area (Å²) >= 11 is 5.62. The maximum atomic E-state index is 13.4. The molecule has 0 fully saturated rings. The van der Waals surface area contributed by atoms with Crippen LogP contribution in [0.4, 0.5) is 4.39 Å². The second-order valence-corrected chi connectivity index (χ2v) is 5.12. The van der Waals surface area contributed by atoms with E-state index in [1.807, 2.05) is 6.07 Å². The smallest absolute Gasteiger partial charge is 0.129 e. The number of benzene rings is 1. The third-order valence-corrected chi connectivity index (χ3v) is 4.58. The van der Waals surface area contributed by atoms with Crippen molar-refractivity contribution in [2.75, 3.05) is 6.61 Å². The zero-order chi connectivity index (χ0) is 10.1. The average molecular weight is 369 g/mol. The van der Waals surface area contributed by atoms with Crippen LogP contribution in [-0.2, 0) is 4.74 Å². The maximum absolute atomic E-state index is 13.4. The van der Waals surface area contributed by atoms with Gasteiger partial charge in [-0.1, -0.05) is 34.1 Å². The van der Waals surface area contributed by atoms with Crippen molar-refractivity contribution in [3.8, 4) is 0 Å². The summed E-state index contributed by atoms with van der Waals surface area (Å²) in [6, 6.07) is 6.68. The minimum atomic E-state index is -0.275. The van der Waals surface area contributed by atoms with Crippen LogP contribution in [0.1, 0.15) is 11.7 Å². The molecule has 0 bridgehead atoms. The predicted octanol–water partition coefficient (Wildman–Crippen LogP) is 3.94. The van der Waals surface area contributed by atoms with E-state index in [2.05, 4.69) is 38.5 Å². The van der Waals surface area contributed by atoms with Crippen LogP contribution in [0.3, 0.4) is 0 Å². The maximum Gasteiger partial charge on any atom is 0.129 e. The van der Waals surface area contributed by atoms with Gasteiger partial charge >= 0.3 is 0 Å². The van der Waals surface area contributed by atoms with Crippen molar-refractivity contribution >= 4 is 38.5 Å². The Kier molecular flexibility index (Phi) is 3.23. The molecule has 1 aliphatic rings. The monoisotopic (exact) mass is 368 g/mol. The van der Waals surface area contributed by atoms with Gasteiger partial charge in [0.1, 0.15) is 11.9 Å². The fourth-order valence-corrected chi connectivity index (χ4v) is 2.31. The zero-order valence-corrected chi connectivity index (χ0v) is 10.9. The molecule has 1 heterocycles. The first-order chi connectivity index (χ1) is 6.70. The average Bonchev–Trinajstić information content (AvgIpc) is 2.49. The third kappa shape index (κ3) is 1.87. The lowest BCUT2D eigenvalue weighted by molar-refractivity contribution is 0.124. The second-order valence-electron chi connectivity index (χ2n) is 2.97. The Morgan fingerprint density at radius 3 is 2.71 bits per heavy atom. The van der Waals surface area contributed by atoms with Crippen molar-refractivity contribution in [2.24, 2.45) is 0 Å². The molecule has 1 atom stereocenters. The minimum absolute atomic E-state index is 0.222. The molecule has 0 saturated heterocycles. The van der Waals surface area contributed by atoms with E-state index in [1.165, 1.54) is 6.07 Å². The first-order valence-electron chi connectivity index (χ1n) is 4.10. The highest BCUT2D eigenvalue weighted by atomic mass is 127. The van der Waals surface area contributed by atoms with Gasteiger partial charge in [-0.2, -0.15) is 0 Å². The van der Waals surface area contributed by atoms with Gasteiger partial charge in [-0.05, 0) is 28.7 Å². The number of hydrogen-bond donors (Lipinski definition) is 0. The molecule has 2 rings (SSSR count). The summed E-state index contributed by atoms with van der Waals surface area (Å²) in [5, 5.41) is 0. The van der Waals surface area contributed by atoms with Gasteiger partial charge in [-0.3, -0.25) is 0 Å². The van der Waals surface area contributed by atoms with Crippen LogP contribution in [0.5, 0.6) is 0 Å². The normalized spacial score (nSPS) is 21.8. The Morgan fingerprint density at radius 1 is 1.43 bits per heavy atom. The second kappa shape index (κ2) is 4.28. The third-order valence-electron chi connectivity index (χ3n) is 2.05. The van der Waals surface area contributed by atoms with Crippen LogP contribution in [-0.4, -0.2) is 6.61 Å². The zero-order valence-electron chi connectivity index (χ0n) is 7.14. The summed E-state index contributed by atoms with van der Waals surface area (Å²) in [6.45, 7) is 0.556. The fraction of sp³-hybridized carbons (Fsp3) is 0.200. The van der Waals surface area contributed by atoms with Gasteiger partial charge in [0.05, 0.1) is 6.61 Å². The Morgan fingerprint density at radius 2 is 2.14 bits per heavy atom. The van der Waals surface area contributed by atoms with E-state index in [9.17, 15) is 4.39 Å². The molecule has 74 valence electrons. The lowest BCUT2D eigenvalue weighted by atomic mass is 10.1. The highest BCUT2D eigenvalue weighted by Gasteiger charge is 2.26. The molecule has 1 unspecified atom stereocenters. The van der Waals surface area contributed by atoms with Gasteiger partial charge in [0.25, 0.3) is 0 Å². The van der Waals surface area contributed by atoms with E-state index in [-0.39, 0.29) is 11.9 Å². The summed E-state index contributed by atoms with van der Waals surface area (Å²) in [7, 11) is 0. The molecule has 0 amide bonds. The van der Waals surface area contributed by atoms with E-state index in [4.69, 9.17) is 4.74 Å². The van der Waals surface area contributed by atoms with Crippen LogP contribution in [0, 0.1) is 5.82 Å². The predicted molar refractivity (Wildman–Crippen MR) is 65.1 cm³/mol. The van der Waals surface area contributed by atoms with E-state index >= 15 is 0 Å². The lowest BCUT2D eigenvalue weighted by Crippen LogP contribution is -2.00. The van der Waals surface area contributed by atoms with Crippen molar-refractivity contribution in [3.05, 3.63) is 43.7 Å². The van der Waals surface area contributed by atoms with E-state index in [0.717, 1.165) is 8.06 Å². The van der Waals surface area contributed by atoms with Crippen molar-refractivity contribution in [1.82, 2.24) is 0 Å². The molecule has 1 aromatic rings. The summed E-state index contributed by atoms with van der Waals surface area (Å²) in [5.41, 5.74) is 0.589. The molecule has 0 aromatic heterocycles. The molecular formula is C10H7BrFIO. The number of rotatable bonds is 1. The number of hydrogen-bond acceptors (Lipinski definition) is 1. The van der Waals surface area contributed by atoms with Crippen molar-refractivity contribution in [1.29, 1.82) is 0 Å². The Balaban J connectivity index is 2.38. The molecule has 4 heteroatoms. The topological polar surface area (TPSA) is 9.23 Å². The lowest BCUT2D eigenvalue weighted by Gasteiger charge is -2.11. The van der Waals surface area contributed by atoms with Crippen LogP contribution in [0.15, 0.2) is 32.3 Å². The van der Waals surface area contributed by atoms with Gasteiger partial charge in [-0.25, -0.2) is 4.39 Å². The van der Waals surface area contributed by atoms with Gasteiger partial charge in [-0.15, -0.1) is 0 Å². The first-order valence-corrected chi connectivity index (χ1v) is 5.97.